The van der Waals surface area contributed by atoms with E-state index >= 15 is 0 Å². The third-order valence-corrected chi connectivity index (χ3v) is 5.16. The van der Waals surface area contributed by atoms with Crippen LogP contribution in [0, 0.1) is 0 Å². The van der Waals surface area contributed by atoms with Crippen LogP contribution < -0.4 is 9.47 Å². The van der Waals surface area contributed by atoms with Crippen molar-refractivity contribution in [1.82, 2.24) is 4.90 Å². The summed E-state index contributed by atoms with van der Waals surface area (Å²) in [4.78, 5) is 27.3. The Bertz CT molecular complexity index is 982. The summed E-state index contributed by atoms with van der Waals surface area (Å²) in [7, 11) is 1.53. The lowest BCUT2D eigenvalue weighted by Crippen LogP contribution is -2.32. The van der Waals surface area contributed by atoms with Crippen molar-refractivity contribution in [1.29, 1.82) is 0 Å². The first-order valence-electron chi connectivity index (χ1n) is 10.7. The highest BCUT2D eigenvalue weighted by molar-refractivity contribution is 6.46. The number of Topliss-reactive ketones (excluding diaryl/α,β-unsaturated/α-hetero) is 1. The van der Waals surface area contributed by atoms with Crippen LogP contribution in [-0.4, -0.2) is 55.2 Å². The zero-order valence-corrected chi connectivity index (χ0v) is 18.7. The molecule has 1 fully saturated rings. The number of hydrogen-bond donors (Lipinski definition) is 1. The number of likely N-dealkylation sites (tertiary alicyclic amines) is 1. The number of benzene rings is 2. The van der Waals surface area contributed by atoms with E-state index in [4.69, 9.17) is 14.2 Å². The minimum absolute atomic E-state index is 0.0435. The van der Waals surface area contributed by atoms with Crippen LogP contribution in [0.2, 0.25) is 0 Å². The Morgan fingerprint density at radius 3 is 2.41 bits per heavy atom. The number of ketones is 1. The van der Waals surface area contributed by atoms with Gasteiger partial charge in [0.2, 0.25) is 0 Å². The van der Waals surface area contributed by atoms with Gasteiger partial charge in [0.25, 0.3) is 11.7 Å². The highest BCUT2D eigenvalue weighted by Gasteiger charge is 2.46. The molecule has 7 heteroatoms. The molecule has 0 spiro atoms. The Balaban J connectivity index is 2.06. The number of methoxy groups -OCH3 is 1. The van der Waals surface area contributed by atoms with Gasteiger partial charge in [0.15, 0.2) is 0 Å². The summed E-state index contributed by atoms with van der Waals surface area (Å²) in [5, 5.41) is 11.1. The SMILES string of the molecule is CCCOc1ccc(C(O)=C2C(=O)C(=O)N(CCOC)C2c2cccc(OCC)c2)cc1. The molecule has 1 amide bonds. The number of rotatable bonds is 10. The maximum atomic E-state index is 13.0. The molecule has 0 radical (unpaired) electrons. The average molecular weight is 440 g/mol. The van der Waals surface area contributed by atoms with Gasteiger partial charge in [-0.25, -0.2) is 0 Å². The van der Waals surface area contributed by atoms with Crippen LogP contribution in [0.3, 0.4) is 0 Å². The van der Waals surface area contributed by atoms with Crippen LogP contribution in [0.25, 0.3) is 5.76 Å². The van der Waals surface area contributed by atoms with E-state index in [9.17, 15) is 14.7 Å². The number of aliphatic hydroxyl groups excluding tert-OH is 1. The van der Waals surface area contributed by atoms with E-state index < -0.39 is 17.7 Å². The van der Waals surface area contributed by atoms with E-state index in [2.05, 4.69) is 0 Å². The lowest BCUT2D eigenvalue weighted by atomic mass is 9.95. The third-order valence-electron chi connectivity index (χ3n) is 5.16. The molecule has 1 atom stereocenters. The van der Waals surface area contributed by atoms with Crippen LogP contribution >= 0.6 is 0 Å². The number of carbonyl (C=O) groups excluding carboxylic acids is 2. The van der Waals surface area contributed by atoms with E-state index in [1.165, 1.54) is 12.0 Å². The maximum absolute atomic E-state index is 13.0. The number of amides is 1. The zero-order valence-electron chi connectivity index (χ0n) is 18.7. The molecule has 0 aromatic heterocycles. The predicted octanol–water partition coefficient (Wildman–Crippen LogP) is 3.94. The van der Waals surface area contributed by atoms with Gasteiger partial charge < -0.3 is 24.2 Å². The zero-order chi connectivity index (χ0) is 23.1. The minimum atomic E-state index is -0.749. The van der Waals surface area contributed by atoms with E-state index in [1.807, 2.05) is 26.0 Å². The molecule has 1 heterocycles. The molecule has 170 valence electrons. The summed E-state index contributed by atoms with van der Waals surface area (Å²) in [6.45, 7) is 5.45. The molecule has 0 aliphatic carbocycles. The van der Waals surface area contributed by atoms with Gasteiger partial charge in [0.05, 0.1) is 31.4 Å². The number of hydrogen-bond acceptors (Lipinski definition) is 6. The molecule has 0 saturated carbocycles. The summed E-state index contributed by atoms with van der Waals surface area (Å²) in [5.41, 5.74) is 1.15. The largest absolute Gasteiger partial charge is 0.507 e. The van der Waals surface area contributed by atoms with E-state index in [-0.39, 0.29) is 24.5 Å². The van der Waals surface area contributed by atoms with Crippen molar-refractivity contribution >= 4 is 17.4 Å². The molecule has 1 aliphatic heterocycles. The third kappa shape index (κ3) is 4.94. The van der Waals surface area contributed by atoms with Gasteiger partial charge in [-0.1, -0.05) is 19.1 Å². The van der Waals surface area contributed by atoms with Crippen LogP contribution in [-0.2, 0) is 14.3 Å². The highest BCUT2D eigenvalue weighted by atomic mass is 16.5. The van der Waals surface area contributed by atoms with Gasteiger partial charge in [0, 0.05) is 19.2 Å². The van der Waals surface area contributed by atoms with Gasteiger partial charge in [-0.3, -0.25) is 9.59 Å². The van der Waals surface area contributed by atoms with Crippen LogP contribution in [0.5, 0.6) is 11.5 Å². The average Bonchev–Trinajstić information content (AvgIpc) is 3.06. The predicted molar refractivity (Wildman–Crippen MR) is 121 cm³/mol. The molecule has 1 aliphatic rings. The molecule has 3 rings (SSSR count). The molecular weight excluding hydrogens is 410 g/mol. The summed E-state index contributed by atoms with van der Waals surface area (Å²) in [5.74, 6) is -0.322. The summed E-state index contributed by atoms with van der Waals surface area (Å²) >= 11 is 0. The van der Waals surface area contributed by atoms with Crippen LogP contribution in [0.4, 0.5) is 0 Å². The minimum Gasteiger partial charge on any atom is -0.507 e. The van der Waals surface area contributed by atoms with Gasteiger partial charge in [-0.2, -0.15) is 0 Å². The van der Waals surface area contributed by atoms with Gasteiger partial charge in [0.1, 0.15) is 17.3 Å². The lowest BCUT2D eigenvalue weighted by Gasteiger charge is -2.25. The highest BCUT2D eigenvalue weighted by Crippen LogP contribution is 2.40. The van der Waals surface area contributed by atoms with Crippen molar-refractivity contribution in [2.45, 2.75) is 26.3 Å². The van der Waals surface area contributed by atoms with Crippen molar-refractivity contribution in [3.8, 4) is 11.5 Å². The fourth-order valence-corrected chi connectivity index (χ4v) is 3.67. The summed E-state index contributed by atoms with van der Waals surface area (Å²) in [6.07, 6.45) is 0.882. The topological polar surface area (TPSA) is 85.3 Å². The Labute approximate surface area is 188 Å². The van der Waals surface area contributed by atoms with Crippen molar-refractivity contribution in [2.24, 2.45) is 0 Å². The molecule has 32 heavy (non-hydrogen) atoms. The maximum Gasteiger partial charge on any atom is 0.295 e. The van der Waals surface area contributed by atoms with E-state index in [0.29, 0.717) is 35.8 Å². The number of nitrogens with zero attached hydrogens (tertiary/aromatic N) is 1. The Morgan fingerprint density at radius 2 is 1.75 bits per heavy atom. The van der Waals surface area contributed by atoms with Crippen molar-refractivity contribution < 1.29 is 28.9 Å². The standard InChI is InChI=1S/C25H29NO6/c1-4-14-32-19-11-9-17(10-12-19)23(27)21-22(18-7-6-8-20(16-18)31-5-2)26(13-15-30-3)25(29)24(21)28/h6-12,16,22,27H,4-5,13-15H2,1-3H3. The second-order valence-electron chi connectivity index (χ2n) is 7.36. The van der Waals surface area contributed by atoms with Crippen molar-refractivity contribution in [3.05, 3.63) is 65.2 Å². The first-order chi connectivity index (χ1) is 15.5. The Morgan fingerprint density at radius 1 is 1.00 bits per heavy atom. The van der Waals surface area contributed by atoms with Crippen LogP contribution in [0.1, 0.15) is 37.4 Å². The Hall–Kier alpha value is -3.32. The molecule has 1 saturated heterocycles. The molecule has 0 bridgehead atoms. The van der Waals surface area contributed by atoms with E-state index in [1.54, 1.807) is 36.4 Å². The Kier molecular flexibility index (Phi) is 7.89. The first kappa shape index (κ1) is 23.3. The second-order valence-corrected chi connectivity index (χ2v) is 7.36. The first-order valence-corrected chi connectivity index (χ1v) is 10.7. The molecule has 1 unspecified atom stereocenters. The number of carbonyl (C=O) groups is 2. The summed E-state index contributed by atoms with van der Waals surface area (Å²) < 4.78 is 16.3. The number of aliphatic hydroxyl groups is 1. The molecule has 1 N–H and O–H groups in total. The monoisotopic (exact) mass is 439 g/mol. The molecule has 2 aromatic rings. The van der Waals surface area contributed by atoms with E-state index in [0.717, 1.165) is 6.42 Å². The quantitative estimate of drug-likeness (QED) is 0.343. The lowest BCUT2D eigenvalue weighted by molar-refractivity contribution is -0.140. The second kappa shape index (κ2) is 10.8. The molecular formula is C25H29NO6. The van der Waals surface area contributed by atoms with Gasteiger partial charge in [-0.15, -0.1) is 0 Å². The summed E-state index contributed by atoms with van der Waals surface area (Å²) in [6, 6.07) is 13.3. The normalized spacial score (nSPS) is 17.6. The van der Waals surface area contributed by atoms with Gasteiger partial charge in [-0.05, 0) is 55.3 Å². The van der Waals surface area contributed by atoms with Crippen molar-refractivity contribution in [3.63, 3.8) is 0 Å². The number of ether oxygens (including phenoxy) is 3. The fraction of sp³-hybridized carbons (Fsp3) is 0.360. The molecule has 7 nitrogen and oxygen atoms in total. The molecule has 2 aromatic carbocycles. The van der Waals surface area contributed by atoms with Gasteiger partial charge >= 0.3 is 0 Å². The fourth-order valence-electron chi connectivity index (χ4n) is 3.67. The van der Waals surface area contributed by atoms with Crippen LogP contribution in [0.15, 0.2) is 54.1 Å². The van der Waals surface area contributed by atoms with Crippen molar-refractivity contribution in [2.75, 3.05) is 33.5 Å². The smallest absolute Gasteiger partial charge is 0.295 e.